The molecule has 0 aromatic heterocycles. The molecule has 1 N–H and O–H groups in total. The van der Waals surface area contributed by atoms with Crippen LogP contribution in [0.5, 0.6) is 0 Å². The van der Waals surface area contributed by atoms with E-state index in [0.717, 1.165) is 0 Å². The van der Waals surface area contributed by atoms with Gasteiger partial charge in [0.25, 0.3) is 0 Å². The van der Waals surface area contributed by atoms with Crippen LogP contribution in [0.1, 0.15) is 19.8 Å². The van der Waals surface area contributed by atoms with Crippen LogP contribution < -0.4 is 0 Å². The fraction of sp³-hybridized carbons (Fsp3) is 0.571. The van der Waals surface area contributed by atoms with Gasteiger partial charge in [0.15, 0.2) is 0 Å². The van der Waals surface area contributed by atoms with Crippen molar-refractivity contribution in [3.05, 3.63) is 11.6 Å². The Bertz CT molecular complexity index is 154. The van der Waals surface area contributed by atoms with E-state index in [-0.39, 0.29) is 0 Å². The second kappa shape index (κ2) is 2.21. The highest BCUT2D eigenvalue weighted by molar-refractivity contribution is 5.85. The van der Waals surface area contributed by atoms with Gasteiger partial charge in [0, 0.05) is 5.57 Å². The van der Waals surface area contributed by atoms with Crippen molar-refractivity contribution in [3.8, 4) is 0 Å². The number of hydrogen-bond acceptors (Lipinski definition) is 1. The Hall–Kier alpha value is -0.790. The molecule has 0 aromatic carbocycles. The molecule has 50 valence electrons. The predicted octanol–water partition coefficient (Wildman–Crippen LogP) is 1.43. The summed E-state index contributed by atoms with van der Waals surface area (Å²) in [5, 5.41) is 8.39. The van der Waals surface area contributed by atoms with Crippen LogP contribution in [0.2, 0.25) is 0 Å². The van der Waals surface area contributed by atoms with Crippen molar-refractivity contribution in [1.82, 2.24) is 0 Å². The molecule has 0 amide bonds. The molecule has 0 spiro atoms. The highest BCUT2D eigenvalue weighted by atomic mass is 16.4. The largest absolute Gasteiger partial charge is 0.478 e. The molecule has 1 rings (SSSR count). The molecule has 9 heavy (non-hydrogen) atoms. The van der Waals surface area contributed by atoms with E-state index >= 15 is 0 Å². The fourth-order valence-electron chi connectivity index (χ4n) is 0.688. The Morgan fingerprint density at radius 2 is 2.22 bits per heavy atom. The maximum absolute atomic E-state index is 10.2. The normalized spacial score (nSPS) is 19.9. The van der Waals surface area contributed by atoms with E-state index in [4.69, 9.17) is 5.11 Å². The number of allylic oxidation sites excluding steroid dienone is 1. The number of carbonyl (C=O) groups is 1. The summed E-state index contributed by atoms with van der Waals surface area (Å²) in [6.07, 6.45) is 4.18. The molecule has 1 fully saturated rings. The quantitative estimate of drug-likeness (QED) is 0.568. The summed E-state index contributed by atoms with van der Waals surface area (Å²) in [5.74, 6) is -0.219. The van der Waals surface area contributed by atoms with Crippen LogP contribution in [0.4, 0.5) is 0 Å². The third-order valence-electron chi connectivity index (χ3n) is 1.45. The molecule has 0 unspecified atom stereocenters. The van der Waals surface area contributed by atoms with Gasteiger partial charge in [-0.3, -0.25) is 0 Å². The van der Waals surface area contributed by atoms with Crippen LogP contribution in [-0.2, 0) is 4.79 Å². The summed E-state index contributed by atoms with van der Waals surface area (Å²) in [5.41, 5.74) is 0.484. The van der Waals surface area contributed by atoms with E-state index in [9.17, 15) is 4.79 Å². The van der Waals surface area contributed by atoms with Gasteiger partial charge in [0.05, 0.1) is 0 Å². The molecule has 1 aliphatic carbocycles. The van der Waals surface area contributed by atoms with E-state index in [1.807, 2.05) is 6.08 Å². The Balaban J connectivity index is 2.46. The Morgan fingerprint density at radius 3 is 2.56 bits per heavy atom. The molecule has 0 bridgehead atoms. The monoisotopic (exact) mass is 126 g/mol. The average Bonchev–Trinajstić information content (AvgIpc) is 2.50. The smallest absolute Gasteiger partial charge is 0.330 e. The highest BCUT2D eigenvalue weighted by Gasteiger charge is 2.19. The van der Waals surface area contributed by atoms with Crippen LogP contribution in [0, 0.1) is 5.92 Å². The maximum Gasteiger partial charge on any atom is 0.330 e. The third-order valence-corrected chi connectivity index (χ3v) is 1.45. The first-order valence-corrected chi connectivity index (χ1v) is 3.12. The molecule has 2 heteroatoms. The van der Waals surface area contributed by atoms with Gasteiger partial charge >= 0.3 is 5.97 Å². The molecule has 1 aliphatic rings. The first-order chi connectivity index (χ1) is 4.20. The fourth-order valence-corrected chi connectivity index (χ4v) is 0.688. The highest BCUT2D eigenvalue weighted by Crippen LogP contribution is 2.31. The standard InChI is InChI=1S/C7H10O2/c1-5(7(8)9)4-6-2-3-6/h4,6H,2-3H2,1H3,(H,8,9). The second-order valence-corrected chi connectivity index (χ2v) is 2.49. The molecule has 0 heterocycles. The van der Waals surface area contributed by atoms with Crippen LogP contribution in [0.25, 0.3) is 0 Å². The van der Waals surface area contributed by atoms with Crippen molar-refractivity contribution in [1.29, 1.82) is 0 Å². The Kier molecular flexibility index (Phi) is 1.56. The van der Waals surface area contributed by atoms with Crippen molar-refractivity contribution < 1.29 is 9.90 Å². The minimum Gasteiger partial charge on any atom is -0.478 e. The average molecular weight is 126 g/mol. The minimum atomic E-state index is -0.790. The second-order valence-electron chi connectivity index (χ2n) is 2.49. The van der Waals surface area contributed by atoms with Crippen LogP contribution in [0.15, 0.2) is 11.6 Å². The maximum atomic E-state index is 10.2. The molecule has 0 aromatic rings. The molecular formula is C7H10O2. The number of carboxylic acids is 1. The van der Waals surface area contributed by atoms with E-state index in [0.29, 0.717) is 11.5 Å². The SMILES string of the molecule is CC(=CC1CC1)C(=O)O. The van der Waals surface area contributed by atoms with Gasteiger partial charge in [-0.1, -0.05) is 6.08 Å². The third kappa shape index (κ3) is 1.88. The lowest BCUT2D eigenvalue weighted by Crippen LogP contribution is -1.95. The summed E-state index contributed by atoms with van der Waals surface area (Å²) in [4.78, 5) is 10.2. The van der Waals surface area contributed by atoms with Gasteiger partial charge < -0.3 is 5.11 Å². The van der Waals surface area contributed by atoms with Crippen molar-refractivity contribution in [2.24, 2.45) is 5.92 Å². The van der Waals surface area contributed by atoms with Gasteiger partial charge in [-0.05, 0) is 25.7 Å². The summed E-state index contributed by atoms with van der Waals surface area (Å²) in [6, 6.07) is 0. The lowest BCUT2D eigenvalue weighted by molar-refractivity contribution is -0.132. The van der Waals surface area contributed by atoms with Crippen LogP contribution in [-0.4, -0.2) is 11.1 Å². The first-order valence-electron chi connectivity index (χ1n) is 3.12. The van der Waals surface area contributed by atoms with Gasteiger partial charge in [-0.2, -0.15) is 0 Å². The zero-order valence-corrected chi connectivity index (χ0v) is 5.42. The van der Waals surface area contributed by atoms with Gasteiger partial charge in [-0.15, -0.1) is 0 Å². The van der Waals surface area contributed by atoms with E-state index in [1.165, 1.54) is 12.8 Å². The van der Waals surface area contributed by atoms with Gasteiger partial charge in [0.2, 0.25) is 0 Å². The lowest BCUT2D eigenvalue weighted by Gasteiger charge is -1.88. The zero-order valence-electron chi connectivity index (χ0n) is 5.42. The lowest BCUT2D eigenvalue weighted by atomic mass is 10.2. The molecule has 0 aliphatic heterocycles. The summed E-state index contributed by atoms with van der Waals surface area (Å²) < 4.78 is 0. The van der Waals surface area contributed by atoms with Gasteiger partial charge in [-0.25, -0.2) is 4.79 Å². The Morgan fingerprint density at radius 1 is 1.67 bits per heavy atom. The Labute approximate surface area is 54.2 Å². The summed E-state index contributed by atoms with van der Waals surface area (Å²) in [7, 11) is 0. The number of carboxylic acid groups (broad SMARTS) is 1. The summed E-state index contributed by atoms with van der Waals surface area (Å²) >= 11 is 0. The van der Waals surface area contributed by atoms with Crippen molar-refractivity contribution in [2.75, 3.05) is 0 Å². The number of rotatable bonds is 2. The van der Waals surface area contributed by atoms with Crippen LogP contribution in [0.3, 0.4) is 0 Å². The molecule has 2 nitrogen and oxygen atoms in total. The molecule has 0 atom stereocenters. The van der Waals surface area contributed by atoms with E-state index in [1.54, 1.807) is 6.92 Å². The van der Waals surface area contributed by atoms with Crippen molar-refractivity contribution in [3.63, 3.8) is 0 Å². The van der Waals surface area contributed by atoms with E-state index in [2.05, 4.69) is 0 Å². The van der Waals surface area contributed by atoms with Gasteiger partial charge in [0.1, 0.15) is 0 Å². The molecule has 0 radical (unpaired) electrons. The molecule has 0 saturated heterocycles. The minimum absolute atomic E-state index is 0.484. The molecule has 1 saturated carbocycles. The number of aliphatic carboxylic acids is 1. The number of hydrogen-bond donors (Lipinski definition) is 1. The first kappa shape index (κ1) is 6.33. The zero-order chi connectivity index (χ0) is 6.85. The topological polar surface area (TPSA) is 37.3 Å². The molecular weight excluding hydrogens is 116 g/mol. The van der Waals surface area contributed by atoms with E-state index < -0.39 is 5.97 Å². The summed E-state index contributed by atoms with van der Waals surface area (Å²) in [6.45, 7) is 1.64. The van der Waals surface area contributed by atoms with Crippen molar-refractivity contribution in [2.45, 2.75) is 19.8 Å². The van der Waals surface area contributed by atoms with Crippen LogP contribution >= 0.6 is 0 Å². The van der Waals surface area contributed by atoms with Crippen molar-refractivity contribution >= 4 is 5.97 Å². The predicted molar refractivity (Wildman–Crippen MR) is 34.1 cm³/mol.